The number of aromatic carboxylic acids is 1. The molecule has 1 N–H and O–H groups in total. The Balaban J connectivity index is 3.05. The molecule has 0 bridgehead atoms. The molecule has 0 atom stereocenters. The molecule has 1 aromatic rings. The summed E-state index contributed by atoms with van der Waals surface area (Å²) in [5.41, 5.74) is 0.192. The van der Waals surface area contributed by atoms with Crippen molar-refractivity contribution in [3.63, 3.8) is 0 Å². The lowest BCUT2D eigenvalue weighted by Gasteiger charge is -2.23. The Kier molecular flexibility index (Phi) is 5.37. The van der Waals surface area contributed by atoms with E-state index in [2.05, 4.69) is 20.9 Å². The third kappa shape index (κ3) is 3.67. The average molecular weight is 303 g/mol. The number of carbonyl (C=O) groups is 1. The Hall–Kier alpha value is -1.14. The van der Waals surface area contributed by atoms with Crippen LogP contribution in [0.4, 0.5) is 5.82 Å². The quantitative estimate of drug-likeness (QED) is 0.871. The number of aromatic nitrogens is 1. The summed E-state index contributed by atoms with van der Waals surface area (Å²) in [6, 6.07) is 1.56. The molecular formula is C11H15BrN2O3. The first-order valence-electron chi connectivity index (χ1n) is 5.22. The number of methoxy groups -OCH3 is 1. The molecule has 1 aromatic heterocycles. The van der Waals surface area contributed by atoms with Crippen molar-refractivity contribution >= 4 is 27.7 Å². The van der Waals surface area contributed by atoms with Crippen molar-refractivity contribution in [2.24, 2.45) is 0 Å². The average Bonchev–Trinajstić information content (AvgIpc) is 2.31. The molecule has 0 saturated carbocycles. The van der Waals surface area contributed by atoms with Crippen molar-refractivity contribution in [1.29, 1.82) is 0 Å². The standard InChI is InChI=1S/C11H15BrN2O3/c1-3-14(4-5-17-2)10-9(11(15)16)6-8(12)7-13-10/h6-7H,3-5H2,1-2H3,(H,15,16). The predicted octanol–water partition coefficient (Wildman–Crippen LogP) is 2.02. The largest absolute Gasteiger partial charge is 0.478 e. The second-order valence-electron chi connectivity index (χ2n) is 3.40. The number of anilines is 1. The van der Waals surface area contributed by atoms with Gasteiger partial charge in [-0.25, -0.2) is 9.78 Å². The Labute approximate surface area is 109 Å². The summed E-state index contributed by atoms with van der Waals surface area (Å²) in [4.78, 5) is 17.2. The van der Waals surface area contributed by atoms with Gasteiger partial charge in [-0.3, -0.25) is 0 Å². The molecule has 1 rings (SSSR count). The third-order valence-electron chi connectivity index (χ3n) is 2.31. The highest BCUT2D eigenvalue weighted by Gasteiger charge is 2.16. The fourth-order valence-corrected chi connectivity index (χ4v) is 1.79. The molecular weight excluding hydrogens is 288 g/mol. The zero-order valence-corrected chi connectivity index (χ0v) is 11.4. The maximum Gasteiger partial charge on any atom is 0.339 e. The van der Waals surface area contributed by atoms with E-state index in [-0.39, 0.29) is 5.56 Å². The zero-order valence-electron chi connectivity index (χ0n) is 9.81. The van der Waals surface area contributed by atoms with Crippen LogP contribution < -0.4 is 4.90 Å². The van der Waals surface area contributed by atoms with E-state index in [0.717, 1.165) is 0 Å². The van der Waals surface area contributed by atoms with Crippen LogP contribution in [0.25, 0.3) is 0 Å². The van der Waals surface area contributed by atoms with Gasteiger partial charge in [0.25, 0.3) is 0 Å². The van der Waals surface area contributed by atoms with Crippen LogP contribution in [-0.4, -0.2) is 42.9 Å². The molecule has 0 radical (unpaired) electrons. The van der Waals surface area contributed by atoms with Gasteiger partial charge in [0.1, 0.15) is 11.4 Å². The fourth-order valence-electron chi connectivity index (χ4n) is 1.46. The zero-order chi connectivity index (χ0) is 12.8. The van der Waals surface area contributed by atoms with E-state index in [1.807, 2.05) is 11.8 Å². The number of hydrogen-bond donors (Lipinski definition) is 1. The number of carboxylic acids is 1. The van der Waals surface area contributed by atoms with Crippen LogP contribution in [0.2, 0.25) is 0 Å². The van der Waals surface area contributed by atoms with Gasteiger partial charge in [0.15, 0.2) is 0 Å². The van der Waals surface area contributed by atoms with E-state index < -0.39 is 5.97 Å². The van der Waals surface area contributed by atoms with E-state index in [0.29, 0.717) is 30.0 Å². The van der Waals surface area contributed by atoms with Gasteiger partial charge in [-0.1, -0.05) is 0 Å². The number of ether oxygens (including phenoxy) is 1. The van der Waals surface area contributed by atoms with E-state index >= 15 is 0 Å². The molecule has 6 heteroatoms. The highest BCUT2D eigenvalue weighted by atomic mass is 79.9. The van der Waals surface area contributed by atoms with Crippen LogP contribution in [0.5, 0.6) is 0 Å². The van der Waals surface area contributed by atoms with Crippen LogP contribution in [0.15, 0.2) is 16.7 Å². The maximum atomic E-state index is 11.1. The first kappa shape index (κ1) is 13.9. The van der Waals surface area contributed by atoms with E-state index in [9.17, 15) is 4.79 Å². The Morgan fingerprint density at radius 1 is 1.65 bits per heavy atom. The number of pyridine rings is 1. The normalized spacial score (nSPS) is 10.3. The molecule has 0 spiro atoms. The summed E-state index contributed by atoms with van der Waals surface area (Å²) < 4.78 is 5.65. The maximum absolute atomic E-state index is 11.1. The van der Waals surface area contributed by atoms with E-state index in [1.54, 1.807) is 19.4 Å². The summed E-state index contributed by atoms with van der Waals surface area (Å²) in [5.74, 6) is -0.509. The molecule has 0 aromatic carbocycles. The van der Waals surface area contributed by atoms with Crippen LogP contribution >= 0.6 is 15.9 Å². The summed E-state index contributed by atoms with van der Waals surface area (Å²) in [7, 11) is 1.61. The van der Waals surface area contributed by atoms with E-state index in [4.69, 9.17) is 9.84 Å². The number of halogens is 1. The monoisotopic (exact) mass is 302 g/mol. The minimum Gasteiger partial charge on any atom is -0.478 e. The number of rotatable bonds is 6. The van der Waals surface area contributed by atoms with Gasteiger partial charge < -0.3 is 14.7 Å². The molecule has 0 aliphatic rings. The minimum atomic E-state index is -0.982. The summed E-state index contributed by atoms with van der Waals surface area (Å²) in [6.07, 6.45) is 1.59. The second kappa shape index (κ2) is 6.56. The van der Waals surface area contributed by atoms with Crippen LogP contribution in [-0.2, 0) is 4.74 Å². The SMILES string of the molecule is CCN(CCOC)c1ncc(Br)cc1C(=O)O. The molecule has 1 heterocycles. The van der Waals surface area contributed by atoms with Gasteiger partial charge in [0.2, 0.25) is 0 Å². The van der Waals surface area contributed by atoms with Gasteiger partial charge in [0, 0.05) is 30.9 Å². The summed E-state index contributed by atoms with van der Waals surface area (Å²) >= 11 is 3.22. The fraction of sp³-hybridized carbons (Fsp3) is 0.455. The van der Waals surface area contributed by atoms with Crippen molar-refractivity contribution in [3.05, 3.63) is 22.3 Å². The summed E-state index contributed by atoms with van der Waals surface area (Å²) in [5, 5.41) is 9.14. The molecule has 0 unspecified atom stereocenters. The molecule has 0 fully saturated rings. The van der Waals surface area contributed by atoms with Gasteiger partial charge in [-0.2, -0.15) is 0 Å². The van der Waals surface area contributed by atoms with Gasteiger partial charge in [-0.05, 0) is 28.9 Å². The number of hydrogen-bond acceptors (Lipinski definition) is 4. The van der Waals surface area contributed by atoms with Gasteiger partial charge in [-0.15, -0.1) is 0 Å². The van der Waals surface area contributed by atoms with Crippen molar-refractivity contribution in [1.82, 2.24) is 4.98 Å². The molecule has 0 saturated heterocycles. The lowest BCUT2D eigenvalue weighted by atomic mass is 10.2. The molecule has 5 nitrogen and oxygen atoms in total. The third-order valence-corrected chi connectivity index (χ3v) is 2.74. The smallest absolute Gasteiger partial charge is 0.339 e. The Morgan fingerprint density at radius 3 is 2.88 bits per heavy atom. The molecule has 0 amide bonds. The first-order chi connectivity index (χ1) is 8.10. The van der Waals surface area contributed by atoms with Crippen LogP contribution in [0.1, 0.15) is 17.3 Å². The van der Waals surface area contributed by atoms with Crippen molar-refractivity contribution in [3.8, 4) is 0 Å². The number of likely N-dealkylation sites (N-methyl/N-ethyl adjacent to an activating group) is 1. The van der Waals surface area contributed by atoms with Gasteiger partial charge >= 0.3 is 5.97 Å². The Morgan fingerprint density at radius 2 is 2.35 bits per heavy atom. The molecule has 94 valence electrons. The molecule has 0 aliphatic heterocycles. The number of nitrogens with zero attached hydrogens (tertiary/aromatic N) is 2. The highest BCUT2D eigenvalue weighted by molar-refractivity contribution is 9.10. The molecule has 0 aliphatic carbocycles. The number of carboxylic acid groups (broad SMARTS) is 1. The summed E-state index contributed by atoms with van der Waals surface area (Å²) in [6.45, 7) is 3.77. The van der Waals surface area contributed by atoms with Crippen LogP contribution in [0, 0.1) is 0 Å². The second-order valence-corrected chi connectivity index (χ2v) is 4.32. The highest BCUT2D eigenvalue weighted by Crippen LogP contribution is 2.21. The lowest BCUT2D eigenvalue weighted by molar-refractivity contribution is 0.0697. The first-order valence-corrected chi connectivity index (χ1v) is 6.02. The molecule has 17 heavy (non-hydrogen) atoms. The minimum absolute atomic E-state index is 0.192. The van der Waals surface area contributed by atoms with Crippen LogP contribution in [0.3, 0.4) is 0 Å². The van der Waals surface area contributed by atoms with Crippen molar-refractivity contribution in [2.45, 2.75) is 6.92 Å². The topological polar surface area (TPSA) is 62.7 Å². The van der Waals surface area contributed by atoms with Crippen molar-refractivity contribution < 1.29 is 14.6 Å². The predicted molar refractivity (Wildman–Crippen MR) is 68.7 cm³/mol. The van der Waals surface area contributed by atoms with Crippen molar-refractivity contribution in [2.75, 3.05) is 31.7 Å². The lowest BCUT2D eigenvalue weighted by Crippen LogP contribution is -2.29. The van der Waals surface area contributed by atoms with E-state index in [1.165, 1.54) is 0 Å². The Bertz CT molecular complexity index is 398. The van der Waals surface area contributed by atoms with Gasteiger partial charge in [0.05, 0.1) is 6.61 Å².